The van der Waals surface area contributed by atoms with Crippen LogP contribution in [-0.2, 0) is 26.2 Å². The Hall–Kier alpha value is -2.88. The molecule has 0 saturated carbocycles. The molecule has 1 aromatic carbocycles. The Balaban J connectivity index is 1.67. The first-order chi connectivity index (χ1) is 13.2. The summed E-state index contributed by atoms with van der Waals surface area (Å²) >= 11 is 6.18. The van der Waals surface area contributed by atoms with E-state index < -0.39 is 12.1 Å². The maximum atomic E-state index is 12.5. The predicted molar refractivity (Wildman–Crippen MR) is 93.5 cm³/mol. The number of amides is 1. The van der Waals surface area contributed by atoms with Gasteiger partial charge in [-0.2, -0.15) is 23.3 Å². The lowest BCUT2D eigenvalue weighted by molar-refractivity contribution is -0.159. The van der Waals surface area contributed by atoms with E-state index in [-0.39, 0.29) is 24.0 Å². The van der Waals surface area contributed by atoms with E-state index in [2.05, 4.69) is 25.1 Å². The van der Waals surface area contributed by atoms with Crippen molar-refractivity contribution in [3.63, 3.8) is 0 Å². The zero-order chi connectivity index (χ0) is 20.5. The van der Waals surface area contributed by atoms with Crippen LogP contribution in [0, 0.1) is 0 Å². The second-order valence-electron chi connectivity index (χ2n) is 5.89. The molecule has 0 spiro atoms. The van der Waals surface area contributed by atoms with E-state index in [0.29, 0.717) is 22.7 Å². The molecule has 0 aliphatic heterocycles. The monoisotopic (exact) mass is 413 g/mol. The number of aromatic nitrogens is 4. The summed E-state index contributed by atoms with van der Waals surface area (Å²) in [5.74, 6) is -1.95. The Labute approximate surface area is 162 Å². The largest absolute Gasteiger partial charge is 0.471 e. The highest BCUT2D eigenvalue weighted by atomic mass is 35.5. The highest BCUT2D eigenvalue weighted by molar-refractivity contribution is 6.34. The van der Waals surface area contributed by atoms with Gasteiger partial charge in [0.25, 0.3) is 5.91 Å². The minimum Gasteiger partial charge on any atom is -0.347 e. The van der Waals surface area contributed by atoms with Crippen molar-refractivity contribution in [3.8, 4) is 11.4 Å². The molecule has 0 aliphatic carbocycles. The summed E-state index contributed by atoms with van der Waals surface area (Å²) in [7, 11) is 1.63. The fourth-order valence-corrected chi connectivity index (χ4v) is 2.90. The Bertz CT molecular complexity index is 995. The first kappa shape index (κ1) is 19.9. The second kappa shape index (κ2) is 7.63. The van der Waals surface area contributed by atoms with Gasteiger partial charge in [0, 0.05) is 19.2 Å². The molecule has 0 radical (unpaired) electrons. The van der Waals surface area contributed by atoms with E-state index in [1.54, 1.807) is 31.3 Å². The summed E-state index contributed by atoms with van der Waals surface area (Å²) in [6, 6.07) is 6.36. The molecular formula is C17H15ClF3N5O2. The molecule has 0 unspecified atom stereocenters. The maximum Gasteiger partial charge on any atom is 0.471 e. The zero-order valence-electron chi connectivity index (χ0n) is 14.8. The smallest absolute Gasteiger partial charge is 0.347 e. The third-order valence-electron chi connectivity index (χ3n) is 3.94. The Kier molecular flexibility index (Phi) is 5.41. The third kappa shape index (κ3) is 4.01. The summed E-state index contributed by atoms with van der Waals surface area (Å²) in [5, 5.41) is 10.6. The third-order valence-corrected chi connectivity index (χ3v) is 4.34. The number of carbonyl (C=O) groups excluding carboxylic acids is 1. The number of hydrogen-bond donors (Lipinski definition) is 1. The molecule has 2 heterocycles. The Morgan fingerprint density at radius 1 is 1.29 bits per heavy atom. The number of aryl methyl sites for hydroxylation is 2. The van der Waals surface area contributed by atoms with Crippen molar-refractivity contribution in [1.82, 2.24) is 25.2 Å². The quantitative estimate of drug-likeness (QED) is 0.690. The van der Waals surface area contributed by atoms with Gasteiger partial charge in [-0.3, -0.25) is 9.48 Å². The number of nitrogens with zero attached hydrogens (tertiary/aromatic N) is 4. The molecule has 148 valence electrons. The number of nitrogens with one attached hydrogen (secondary N) is 1. The van der Waals surface area contributed by atoms with Crippen LogP contribution in [0.25, 0.3) is 11.4 Å². The highest BCUT2D eigenvalue weighted by Crippen LogP contribution is 2.29. The van der Waals surface area contributed by atoms with Crippen LogP contribution in [0.1, 0.15) is 34.6 Å². The summed E-state index contributed by atoms with van der Waals surface area (Å²) in [4.78, 5) is 15.7. The molecule has 1 N–H and O–H groups in total. The number of alkyl halides is 3. The van der Waals surface area contributed by atoms with Crippen LogP contribution < -0.4 is 5.32 Å². The van der Waals surface area contributed by atoms with Gasteiger partial charge in [-0.25, -0.2) is 0 Å². The molecule has 28 heavy (non-hydrogen) atoms. The van der Waals surface area contributed by atoms with Crippen molar-refractivity contribution in [2.75, 3.05) is 0 Å². The molecule has 3 rings (SSSR count). The van der Waals surface area contributed by atoms with Gasteiger partial charge in [0.2, 0.25) is 5.82 Å². The number of rotatable bonds is 5. The molecule has 7 nitrogen and oxygen atoms in total. The number of carbonyl (C=O) groups is 1. The van der Waals surface area contributed by atoms with Gasteiger partial charge in [0.15, 0.2) is 0 Å². The van der Waals surface area contributed by atoms with Crippen LogP contribution in [0.4, 0.5) is 13.2 Å². The molecule has 0 bridgehead atoms. The average molecular weight is 414 g/mol. The molecule has 3 aromatic rings. The van der Waals surface area contributed by atoms with Crippen LogP contribution >= 0.6 is 11.6 Å². The van der Waals surface area contributed by atoms with Crippen molar-refractivity contribution in [3.05, 3.63) is 52.1 Å². The predicted octanol–water partition coefficient (Wildman–Crippen LogP) is 3.63. The van der Waals surface area contributed by atoms with Crippen LogP contribution in [0.5, 0.6) is 0 Å². The summed E-state index contributed by atoms with van der Waals surface area (Å²) in [6.45, 7) is 2.08. The van der Waals surface area contributed by atoms with E-state index in [4.69, 9.17) is 11.6 Å². The van der Waals surface area contributed by atoms with E-state index in [9.17, 15) is 18.0 Å². The standard InChI is InChI=1S/C17H15ClF3N5O2/c1-3-11-12(18)13(26(2)24-11)15(27)22-8-9-4-6-10(7-5-9)14-23-16(28-25-14)17(19,20)21/h4-7H,3,8H2,1-2H3,(H,22,27). The van der Waals surface area contributed by atoms with Crippen LogP contribution in [0.3, 0.4) is 0 Å². The first-order valence-electron chi connectivity index (χ1n) is 8.20. The van der Waals surface area contributed by atoms with Gasteiger partial charge in [-0.15, -0.1) is 0 Å². The van der Waals surface area contributed by atoms with Crippen molar-refractivity contribution < 1.29 is 22.5 Å². The lowest BCUT2D eigenvalue weighted by atomic mass is 10.1. The van der Waals surface area contributed by atoms with E-state index in [1.165, 1.54) is 4.68 Å². The van der Waals surface area contributed by atoms with E-state index in [1.807, 2.05) is 6.92 Å². The SMILES string of the molecule is CCc1nn(C)c(C(=O)NCc2ccc(-c3noc(C(F)(F)F)n3)cc2)c1Cl. The lowest BCUT2D eigenvalue weighted by Crippen LogP contribution is -2.25. The topological polar surface area (TPSA) is 85.8 Å². The summed E-state index contributed by atoms with van der Waals surface area (Å²) < 4.78 is 43.2. The fourth-order valence-electron chi connectivity index (χ4n) is 2.52. The zero-order valence-corrected chi connectivity index (χ0v) is 15.6. The Morgan fingerprint density at radius 2 is 1.96 bits per heavy atom. The van der Waals surface area contributed by atoms with E-state index >= 15 is 0 Å². The molecule has 1 amide bonds. The van der Waals surface area contributed by atoms with Gasteiger partial charge in [0.05, 0.1) is 10.7 Å². The highest BCUT2D eigenvalue weighted by Gasteiger charge is 2.38. The van der Waals surface area contributed by atoms with Crippen molar-refractivity contribution in [2.45, 2.75) is 26.1 Å². The first-order valence-corrected chi connectivity index (χ1v) is 8.58. The van der Waals surface area contributed by atoms with Gasteiger partial charge < -0.3 is 9.84 Å². The summed E-state index contributed by atoms with van der Waals surface area (Å²) in [5.41, 5.74) is 1.99. The van der Waals surface area contributed by atoms with Crippen molar-refractivity contribution in [2.24, 2.45) is 7.05 Å². The molecule has 2 aromatic heterocycles. The van der Waals surface area contributed by atoms with Crippen molar-refractivity contribution in [1.29, 1.82) is 0 Å². The van der Waals surface area contributed by atoms with Crippen LogP contribution in [0.15, 0.2) is 28.8 Å². The van der Waals surface area contributed by atoms with Gasteiger partial charge in [0.1, 0.15) is 5.69 Å². The number of benzene rings is 1. The van der Waals surface area contributed by atoms with Gasteiger partial charge in [-0.1, -0.05) is 47.9 Å². The minimum absolute atomic E-state index is 0.170. The van der Waals surface area contributed by atoms with Crippen molar-refractivity contribution >= 4 is 17.5 Å². The van der Waals surface area contributed by atoms with Crippen LogP contribution in [0.2, 0.25) is 5.02 Å². The van der Waals surface area contributed by atoms with Crippen LogP contribution in [-0.4, -0.2) is 25.8 Å². The minimum atomic E-state index is -4.69. The fraction of sp³-hybridized carbons (Fsp3) is 0.294. The lowest BCUT2D eigenvalue weighted by Gasteiger charge is -2.06. The second-order valence-corrected chi connectivity index (χ2v) is 6.26. The van der Waals surface area contributed by atoms with Gasteiger partial charge >= 0.3 is 12.1 Å². The molecular weight excluding hydrogens is 399 g/mol. The molecule has 0 fully saturated rings. The van der Waals surface area contributed by atoms with Gasteiger partial charge in [-0.05, 0) is 12.0 Å². The molecule has 0 aliphatic rings. The molecule has 0 saturated heterocycles. The number of halogens is 4. The summed E-state index contributed by atoms with van der Waals surface area (Å²) in [6.07, 6.45) is -4.09. The molecule has 0 atom stereocenters. The molecule has 11 heteroatoms. The maximum absolute atomic E-state index is 12.5. The normalized spacial score (nSPS) is 11.6. The van der Waals surface area contributed by atoms with E-state index in [0.717, 1.165) is 5.56 Å². The average Bonchev–Trinajstić information content (AvgIpc) is 3.25. The Morgan fingerprint density at radius 3 is 2.50 bits per heavy atom. The number of hydrogen-bond acceptors (Lipinski definition) is 5.